The predicted molar refractivity (Wildman–Crippen MR) is 92.4 cm³/mol. The maximum absolute atomic E-state index is 13.3. The molecule has 1 aliphatic carbocycles. The van der Waals surface area contributed by atoms with Crippen molar-refractivity contribution in [1.29, 1.82) is 0 Å². The van der Waals surface area contributed by atoms with Crippen LogP contribution in [0.2, 0.25) is 0 Å². The van der Waals surface area contributed by atoms with Crippen LogP contribution >= 0.6 is 0 Å². The summed E-state index contributed by atoms with van der Waals surface area (Å²) in [6.45, 7) is 1.67. The second-order valence-corrected chi connectivity index (χ2v) is 6.87. The van der Waals surface area contributed by atoms with Gasteiger partial charge in [0.1, 0.15) is 11.3 Å². The Hall–Kier alpha value is -2.70. The highest BCUT2D eigenvalue weighted by Gasteiger charge is 2.33. The third-order valence-electron chi connectivity index (χ3n) is 5.04. The Morgan fingerprint density at radius 3 is 2.72 bits per heavy atom. The molecule has 3 heterocycles. The monoisotopic (exact) mass is 339 g/mol. The van der Waals surface area contributed by atoms with E-state index in [4.69, 9.17) is 4.42 Å². The number of benzene rings is 1. The second kappa shape index (κ2) is 5.40. The number of aromatic nitrogens is 3. The van der Waals surface area contributed by atoms with Gasteiger partial charge in [0, 0.05) is 32.1 Å². The van der Waals surface area contributed by atoms with E-state index in [2.05, 4.69) is 32.2 Å². The van der Waals surface area contributed by atoms with Crippen molar-refractivity contribution in [2.45, 2.75) is 24.8 Å². The molecule has 2 aliphatic rings. The van der Waals surface area contributed by atoms with Gasteiger partial charge in [-0.3, -0.25) is 0 Å². The molecule has 0 amide bonds. The third-order valence-corrected chi connectivity index (χ3v) is 5.04. The lowest BCUT2D eigenvalue weighted by Gasteiger charge is -2.43. The number of halogens is 1. The summed E-state index contributed by atoms with van der Waals surface area (Å²) in [5.41, 5.74) is 2.25. The zero-order valence-corrected chi connectivity index (χ0v) is 13.9. The molecule has 1 aromatic carbocycles. The lowest BCUT2D eigenvalue weighted by Crippen LogP contribution is -2.59. The van der Waals surface area contributed by atoms with Gasteiger partial charge < -0.3 is 14.2 Å². The number of likely N-dealkylation sites (N-methyl/N-ethyl adjacent to an activating group) is 1. The van der Waals surface area contributed by atoms with Gasteiger partial charge in [0.05, 0.1) is 11.7 Å². The molecule has 0 spiro atoms. The lowest BCUT2D eigenvalue weighted by atomic mass is 10.1. The molecule has 5 rings (SSSR count). The molecule has 2 fully saturated rings. The number of nitrogens with zero attached hydrogens (tertiary/aromatic N) is 5. The van der Waals surface area contributed by atoms with Crippen LogP contribution in [0.3, 0.4) is 0 Å². The fourth-order valence-electron chi connectivity index (χ4n) is 3.18. The van der Waals surface area contributed by atoms with Crippen molar-refractivity contribution in [3.8, 4) is 0 Å². The van der Waals surface area contributed by atoms with Crippen LogP contribution in [-0.2, 0) is 0 Å². The third kappa shape index (κ3) is 2.59. The van der Waals surface area contributed by atoms with Gasteiger partial charge in [0.15, 0.2) is 11.4 Å². The van der Waals surface area contributed by atoms with E-state index in [0.717, 1.165) is 24.6 Å². The van der Waals surface area contributed by atoms with Crippen LogP contribution in [0.1, 0.15) is 24.5 Å². The summed E-state index contributed by atoms with van der Waals surface area (Å²) >= 11 is 0. The van der Waals surface area contributed by atoms with E-state index in [-0.39, 0.29) is 11.9 Å². The Bertz CT molecular complexity index is 915. The van der Waals surface area contributed by atoms with Crippen molar-refractivity contribution < 1.29 is 8.81 Å². The lowest BCUT2D eigenvalue weighted by molar-refractivity contribution is 0.456. The van der Waals surface area contributed by atoms with Gasteiger partial charge in [0.2, 0.25) is 0 Å². The van der Waals surface area contributed by atoms with Crippen LogP contribution < -0.4 is 9.80 Å². The predicted octanol–water partition coefficient (Wildman–Crippen LogP) is 2.96. The SMILES string of the molecule is CN(c1nc2ccc(F)cc2o1)C1CN(c2ccc(C3CC3)nn2)C1. The summed E-state index contributed by atoms with van der Waals surface area (Å²) in [5, 5.41) is 8.69. The summed E-state index contributed by atoms with van der Waals surface area (Å²) in [5.74, 6) is 1.22. The average molecular weight is 339 g/mol. The van der Waals surface area contributed by atoms with Gasteiger partial charge >= 0.3 is 0 Å². The molecule has 0 radical (unpaired) electrons. The fourth-order valence-corrected chi connectivity index (χ4v) is 3.18. The molecule has 0 unspecified atom stereocenters. The van der Waals surface area contributed by atoms with E-state index in [1.165, 1.54) is 25.0 Å². The van der Waals surface area contributed by atoms with Gasteiger partial charge in [-0.25, -0.2) is 4.39 Å². The molecule has 6 nitrogen and oxygen atoms in total. The molecule has 2 aromatic heterocycles. The number of oxazole rings is 1. The fraction of sp³-hybridized carbons (Fsp3) is 0.389. The quantitative estimate of drug-likeness (QED) is 0.728. The molecule has 1 aliphatic heterocycles. The van der Waals surface area contributed by atoms with Crippen molar-refractivity contribution >= 4 is 22.9 Å². The molecule has 1 saturated heterocycles. The van der Waals surface area contributed by atoms with Crippen LogP contribution in [0.15, 0.2) is 34.7 Å². The van der Waals surface area contributed by atoms with Gasteiger partial charge in [0.25, 0.3) is 6.01 Å². The number of anilines is 2. The molecule has 1 saturated carbocycles. The van der Waals surface area contributed by atoms with E-state index >= 15 is 0 Å². The molecule has 25 heavy (non-hydrogen) atoms. The Balaban J connectivity index is 1.27. The molecular formula is C18H18FN5O. The smallest absolute Gasteiger partial charge is 0.298 e. The molecular weight excluding hydrogens is 321 g/mol. The van der Waals surface area contributed by atoms with Gasteiger partial charge in [-0.15, -0.1) is 5.10 Å². The first-order valence-electron chi connectivity index (χ1n) is 8.55. The Labute approximate surface area is 144 Å². The van der Waals surface area contributed by atoms with Crippen LogP contribution in [0, 0.1) is 5.82 Å². The normalized spacial score (nSPS) is 17.8. The Morgan fingerprint density at radius 1 is 1.16 bits per heavy atom. The van der Waals surface area contributed by atoms with E-state index in [0.29, 0.717) is 23.0 Å². The standard InChI is InChI=1S/C18H18FN5O/c1-23(18-20-15-5-4-12(19)8-16(15)25-18)13-9-24(10-13)17-7-6-14(21-22-17)11-2-3-11/h4-8,11,13H,2-3,9-10H2,1H3. The van der Waals surface area contributed by atoms with Crippen molar-refractivity contribution in [3.05, 3.63) is 41.8 Å². The minimum absolute atomic E-state index is 0.280. The van der Waals surface area contributed by atoms with E-state index in [9.17, 15) is 4.39 Å². The summed E-state index contributed by atoms with van der Waals surface area (Å²) in [4.78, 5) is 8.63. The first-order valence-corrected chi connectivity index (χ1v) is 8.55. The highest BCUT2D eigenvalue weighted by molar-refractivity contribution is 5.74. The number of rotatable bonds is 4. The molecule has 0 atom stereocenters. The number of hydrogen-bond acceptors (Lipinski definition) is 6. The maximum Gasteiger partial charge on any atom is 0.298 e. The topological polar surface area (TPSA) is 58.3 Å². The molecule has 0 N–H and O–H groups in total. The largest absolute Gasteiger partial charge is 0.423 e. The maximum atomic E-state index is 13.3. The number of hydrogen-bond donors (Lipinski definition) is 0. The molecule has 128 valence electrons. The zero-order valence-electron chi connectivity index (χ0n) is 13.9. The minimum Gasteiger partial charge on any atom is -0.423 e. The van der Waals surface area contributed by atoms with E-state index < -0.39 is 0 Å². The van der Waals surface area contributed by atoms with Crippen molar-refractivity contribution in [3.63, 3.8) is 0 Å². The van der Waals surface area contributed by atoms with Gasteiger partial charge in [-0.05, 0) is 37.1 Å². The van der Waals surface area contributed by atoms with Crippen molar-refractivity contribution in [2.24, 2.45) is 0 Å². The van der Waals surface area contributed by atoms with Crippen LogP contribution in [-0.4, -0.2) is 41.4 Å². The molecule has 3 aromatic rings. The second-order valence-electron chi connectivity index (χ2n) is 6.87. The Morgan fingerprint density at radius 2 is 2.00 bits per heavy atom. The average Bonchev–Trinajstić information content (AvgIpc) is 3.33. The summed E-state index contributed by atoms with van der Waals surface area (Å²) < 4.78 is 19.0. The zero-order chi connectivity index (χ0) is 17.0. The highest BCUT2D eigenvalue weighted by Crippen LogP contribution is 2.39. The number of fused-ring (bicyclic) bond motifs is 1. The van der Waals surface area contributed by atoms with E-state index in [1.54, 1.807) is 6.07 Å². The van der Waals surface area contributed by atoms with Crippen LogP contribution in [0.5, 0.6) is 0 Å². The van der Waals surface area contributed by atoms with Gasteiger partial charge in [-0.1, -0.05) is 0 Å². The van der Waals surface area contributed by atoms with Crippen LogP contribution in [0.25, 0.3) is 11.1 Å². The van der Waals surface area contributed by atoms with Crippen LogP contribution in [0.4, 0.5) is 16.2 Å². The molecule has 0 bridgehead atoms. The summed E-state index contributed by atoms with van der Waals surface area (Å²) in [6, 6.07) is 9.33. The molecule has 7 heteroatoms. The summed E-state index contributed by atoms with van der Waals surface area (Å²) in [7, 11) is 1.95. The summed E-state index contributed by atoms with van der Waals surface area (Å²) in [6.07, 6.45) is 2.47. The highest BCUT2D eigenvalue weighted by atomic mass is 19.1. The van der Waals surface area contributed by atoms with Gasteiger partial charge in [-0.2, -0.15) is 10.1 Å². The van der Waals surface area contributed by atoms with E-state index in [1.807, 2.05) is 11.9 Å². The Kier molecular flexibility index (Phi) is 3.16. The first-order chi connectivity index (χ1) is 12.2. The van der Waals surface area contributed by atoms with Crippen molar-refractivity contribution in [1.82, 2.24) is 15.2 Å². The van der Waals surface area contributed by atoms with Crippen molar-refractivity contribution in [2.75, 3.05) is 29.9 Å². The first kappa shape index (κ1) is 14.6. The minimum atomic E-state index is -0.319.